The second kappa shape index (κ2) is 8.08. The van der Waals surface area contributed by atoms with Crippen LogP contribution in [0.4, 0.5) is 0 Å². The van der Waals surface area contributed by atoms with E-state index in [1.807, 2.05) is 37.3 Å². The molecular weight excluding hydrogens is 372 g/mol. The van der Waals surface area contributed by atoms with E-state index >= 15 is 0 Å². The zero-order valence-electron chi connectivity index (χ0n) is 15.7. The molecular formula is C21H22N4O2S. The molecule has 1 amide bonds. The fourth-order valence-corrected chi connectivity index (χ4v) is 4.09. The van der Waals surface area contributed by atoms with Crippen LogP contribution in [0.1, 0.15) is 21.7 Å². The summed E-state index contributed by atoms with van der Waals surface area (Å²) in [4.78, 5) is 29.5. The van der Waals surface area contributed by atoms with Gasteiger partial charge in [0.25, 0.3) is 5.91 Å². The molecule has 0 N–H and O–H groups in total. The fraction of sp³-hybridized carbons (Fsp3) is 0.286. The van der Waals surface area contributed by atoms with Crippen molar-refractivity contribution in [1.29, 1.82) is 0 Å². The molecule has 4 rings (SSSR count). The summed E-state index contributed by atoms with van der Waals surface area (Å²) >= 11 is 1.70. The molecule has 0 radical (unpaired) electrons. The van der Waals surface area contributed by atoms with E-state index in [9.17, 15) is 9.59 Å². The van der Waals surface area contributed by atoms with E-state index in [0.717, 1.165) is 25.3 Å². The van der Waals surface area contributed by atoms with E-state index in [1.54, 1.807) is 20.9 Å². The van der Waals surface area contributed by atoms with Crippen molar-refractivity contribution < 1.29 is 4.79 Å². The van der Waals surface area contributed by atoms with Gasteiger partial charge in [0.15, 0.2) is 5.69 Å². The highest BCUT2D eigenvalue weighted by Gasteiger charge is 2.25. The lowest BCUT2D eigenvalue weighted by molar-refractivity contribution is 0.0619. The summed E-state index contributed by atoms with van der Waals surface area (Å²) in [6.45, 7) is 5.50. The second-order valence-electron chi connectivity index (χ2n) is 6.95. The average molecular weight is 395 g/mol. The Bertz CT molecular complexity index is 1010. The number of nitrogens with zero attached hydrogens (tertiary/aromatic N) is 4. The van der Waals surface area contributed by atoms with Crippen LogP contribution in [-0.2, 0) is 6.54 Å². The van der Waals surface area contributed by atoms with Crippen LogP contribution >= 0.6 is 11.3 Å². The molecule has 0 bridgehead atoms. The normalized spacial score (nSPS) is 15.0. The van der Waals surface area contributed by atoms with Crippen molar-refractivity contribution in [1.82, 2.24) is 19.6 Å². The minimum absolute atomic E-state index is 0.0132. The average Bonchev–Trinajstić information content (AvgIpc) is 3.22. The van der Waals surface area contributed by atoms with Gasteiger partial charge in [-0.15, -0.1) is 0 Å². The van der Waals surface area contributed by atoms with Gasteiger partial charge in [0.1, 0.15) is 0 Å². The van der Waals surface area contributed by atoms with E-state index in [1.165, 1.54) is 11.6 Å². The molecule has 2 aromatic heterocycles. The van der Waals surface area contributed by atoms with Gasteiger partial charge in [-0.2, -0.15) is 16.4 Å². The highest BCUT2D eigenvalue weighted by molar-refractivity contribution is 7.07. The maximum absolute atomic E-state index is 13.0. The Morgan fingerprint density at radius 2 is 1.86 bits per heavy atom. The van der Waals surface area contributed by atoms with Crippen LogP contribution in [0.15, 0.2) is 58.0 Å². The molecule has 144 valence electrons. The van der Waals surface area contributed by atoms with Crippen molar-refractivity contribution in [2.24, 2.45) is 0 Å². The van der Waals surface area contributed by atoms with E-state index < -0.39 is 0 Å². The van der Waals surface area contributed by atoms with Crippen LogP contribution in [0.2, 0.25) is 0 Å². The molecule has 1 aliphatic rings. The van der Waals surface area contributed by atoms with Crippen molar-refractivity contribution in [3.8, 4) is 5.69 Å². The Morgan fingerprint density at radius 3 is 2.54 bits per heavy atom. The van der Waals surface area contributed by atoms with Gasteiger partial charge in [-0.05, 0) is 41.4 Å². The largest absolute Gasteiger partial charge is 0.335 e. The van der Waals surface area contributed by atoms with E-state index in [4.69, 9.17) is 0 Å². The maximum atomic E-state index is 13.0. The minimum Gasteiger partial charge on any atom is -0.335 e. The third-order valence-corrected chi connectivity index (χ3v) is 5.69. The van der Waals surface area contributed by atoms with Crippen LogP contribution in [0.25, 0.3) is 5.69 Å². The predicted octanol–water partition coefficient (Wildman–Crippen LogP) is 2.56. The number of amides is 1. The van der Waals surface area contributed by atoms with Crippen molar-refractivity contribution in [3.05, 3.63) is 80.4 Å². The Kier molecular flexibility index (Phi) is 5.36. The minimum atomic E-state index is -0.324. The topological polar surface area (TPSA) is 58.4 Å². The standard InChI is InChI=1S/C21H22N4O2S/c1-16-13-19(26)20(22-25(16)18-5-3-2-4-6-18)21(27)24-10-8-23(9-11-24)14-17-7-12-28-15-17/h2-7,12-13,15H,8-11,14H2,1H3. The highest BCUT2D eigenvalue weighted by atomic mass is 32.1. The van der Waals surface area contributed by atoms with Gasteiger partial charge in [-0.3, -0.25) is 14.5 Å². The van der Waals surface area contributed by atoms with E-state index in [-0.39, 0.29) is 17.0 Å². The van der Waals surface area contributed by atoms with Gasteiger partial charge in [0.2, 0.25) is 5.43 Å². The summed E-state index contributed by atoms with van der Waals surface area (Å²) in [7, 11) is 0. The third-order valence-electron chi connectivity index (χ3n) is 4.96. The summed E-state index contributed by atoms with van der Waals surface area (Å²) in [5.74, 6) is -0.287. The number of para-hydroxylation sites is 1. The third kappa shape index (κ3) is 3.90. The number of carbonyl (C=O) groups excluding carboxylic acids is 1. The molecule has 1 aliphatic heterocycles. The monoisotopic (exact) mass is 394 g/mol. The molecule has 3 heterocycles. The number of piperazine rings is 1. The fourth-order valence-electron chi connectivity index (χ4n) is 3.43. The van der Waals surface area contributed by atoms with Crippen molar-refractivity contribution in [2.45, 2.75) is 13.5 Å². The summed E-state index contributed by atoms with van der Waals surface area (Å²) in [5, 5.41) is 8.63. The Morgan fingerprint density at radius 1 is 1.11 bits per heavy atom. The first-order valence-electron chi connectivity index (χ1n) is 9.31. The zero-order chi connectivity index (χ0) is 19.5. The van der Waals surface area contributed by atoms with Gasteiger partial charge in [-0.25, -0.2) is 4.68 Å². The van der Waals surface area contributed by atoms with Crippen LogP contribution < -0.4 is 5.43 Å². The number of benzene rings is 1. The smallest absolute Gasteiger partial charge is 0.278 e. The van der Waals surface area contributed by atoms with Crippen molar-refractivity contribution >= 4 is 17.2 Å². The summed E-state index contributed by atoms with van der Waals surface area (Å²) in [6.07, 6.45) is 0. The Hall–Kier alpha value is -2.77. The van der Waals surface area contributed by atoms with E-state index in [2.05, 4.69) is 26.8 Å². The number of aryl methyl sites for hydroxylation is 1. The lowest BCUT2D eigenvalue weighted by Crippen LogP contribution is -2.49. The molecule has 6 nitrogen and oxygen atoms in total. The maximum Gasteiger partial charge on any atom is 0.278 e. The van der Waals surface area contributed by atoms with Crippen LogP contribution in [0, 0.1) is 6.92 Å². The lowest BCUT2D eigenvalue weighted by Gasteiger charge is -2.34. The van der Waals surface area contributed by atoms with Crippen LogP contribution in [0.5, 0.6) is 0 Å². The first-order valence-corrected chi connectivity index (χ1v) is 10.3. The van der Waals surface area contributed by atoms with Gasteiger partial charge in [-0.1, -0.05) is 18.2 Å². The number of hydrogen-bond donors (Lipinski definition) is 0. The molecule has 0 atom stereocenters. The molecule has 1 saturated heterocycles. The highest BCUT2D eigenvalue weighted by Crippen LogP contribution is 2.13. The molecule has 1 aromatic carbocycles. The van der Waals surface area contributed by atoms with Gasteiger partial charge < -0.3 is 4.90 Å². The Balaban J connectivity index is 1.50. The Labute approximate surface area is 167 Å². The number of rotatable bonds is 4. The molecule has 3 aromatic rings. The first kappa shape index (κ1) is 18.6. The molecule has 0 saturated carbocycles. The number of thiophene rings is 1. The van der Waals surface area contributed by atoms with Gasteiger partial charge >= 0.3 is 0 Å². The summed E-state index contributed by atoms with van der Waals surface area (Å²) in [5.41, 5.74) is 2.50. The molecule has 0 aliphatic carbocycles. The molecule has 0 unspecified atom stereocenters. The lowest BCUT2D eigenvalue weighted by atomic mass is 10.2. The van der Waals surface area contributed by atoms with Crippen LogP contribution in [-0.4, -0.2) is 51.7 Å². The van der Waals surface area contributed by atoms with Gasteiger partial charge in [0, 0.05) is 44.5 Å². The second-order valence-corrected chi connectivity index (χ2v) is 7.73. The number of carbonyl (C=O) groups is 1. The zero-order valence-corrected chi connectivity index (χ0v) is 16.6. The van der Waals surface area contributed by atoms with Crippen molar-refractivity contribution in [2.75, 3.05) is 26.2 Å². The number of aromatic nitrogens is 2. The molecule has 7 heteroatoms. The summed E-state index contributed by atoms with van der Waals surface area (Å²) < 4.78 is 1.65. The SMILES string of the molecule is Cc1cc(=O)c(C(=O)N2CCN(Cc3ccsc3)CC2)nn1-c1ccccc1. The van der Waals surface area contributed by atoms with Crippen LogP contribution in [0.3, 0.4) is 0 Å². The predicted molar refractivity (Wildman–Crippen MR) is 110 cm³/mol. The quantitative estimate of drug-likeness (QED) is 0.682. The number of hydrogen-bond acceptors (Lipinski definition) is 5. The van der Waals surface area contributed by atoms with Crippen molar-refractivity contribution in [3.63, 3.8) is 0 Å². The summed E-state index contributed by atoms with van der Waals surface area (Å²) in [6, 6.07) is 13.2. The van der Waals surface area contributed by atoms with E-state index in [0.29, 0.717) is 18.8 Å². The first-order chi connectivity index (χ1) is 13.6. The van der Waals surface area contributed by atoms with Gasteiger partial charge in [0.05, 0.1) is 5.69 Å². The molecule has 1 fully saturated rings. The molecule has 0 spiro atoms. The molecule has 28 heavy (non-hydrogen) atoms.